The van der Waals surface area contributed by atoms with Gasteiger partial charge in [-0.05, 0) is 43.5 Å². The zero-order valence-corrected chi connectivity index (χ0v) is 15.7. The van der Waals surface area contributed by atoms with E-state index in [9.17, 15) is 4.79 Å². The molecule has 0 aliphatic carbocycles. The number of benzene rings is 2. The van der Waals surface area contributed by atoms with Gasteiger partial charge in [-0.15, -0.1) is 0 Å². The van der Waals surface area contributed by atoms with Gasteiger partial charge in [0, 0.05) is 19.2 Å². The van der Waals surface area contributed by atoms with Crippen molar-refractivity contribution in [2.75, 3.05) is 14.2 Å². The summed E-state index contributed by atoms with van der Waals surface area (Å²) in [6.45, 7) is 6.45. The molecule has 0 heterocycles. The van der Waals surface area contributed by atoms with Gasteiger partial charge in [0.25, 0.3) is 5.91 Å². The first-order valence-corrected chi connectivity index (χ1v) is 8.57. The number of ether oxygens (including phenoxy) is 2. The number of para-hydroxylation sites is 1. The van der Waals surface area contributed by atoms with E-state index in [4.69, 9.17) is 9.47 Å². The molecule has 0 N–H and O–H groups in total. The average Bonchev–Trinajstić information content (AvgIpc) is 2.62. The molecule has 2 aromatic rings. The molecular formula is C21H27NO3. The summed E-state index contributed by atoms with van der Waals surface area (Å²) in [4.78, 5) is 14.5. The maximum absolute atomic E-state index is 12.8. The molecule has 1 unspecified atom stereocenters. The van der Waals surface area contributed by atoms with Crippen molar-refractivity contribution < 1.29 is 14.3 Å². The van der Waals surface area contributed by atoms with E-state index in [1.807, 2.05) is 63.2 Å². The van der Waals surface area contributed by atoms with Crippen LogP contribution in [-0.2, 0) is 11.3 Å². The number of likely N-dealkylation sites (N-methyl/N-ethyl adjacent to an activating group) is 1. The molecule has 0 bridgehead atoms. The lowest BCUT2D eigenvalue weighted by Crippen LogP contribution is -2.39. The number of aryl methyl sites for hydroxylation is 2. The van der Waals surface area contributed by atoms with Crippen LogP contribution >= 0.6 is 0 Å². The normalized spacial score (nSPS) is 11.7. The number of hydrogen-bond acceptors (Lipinski definition) is 3. The molecule has 4 heteroatoms. The molecule has 2 aromatic carbocycles. The number of amides is 1. The van der Waals surface area contributed by atoms with Crippen molar-refractivity contribution in [1.29, 1.82) is 0 Å². The predicted molar refractivity (Wildman–Crippen MR) is 100 cm³/mol. The van der Waals surface area contributed by atoms with Gasteiger partial charge >= 0.3 is 0 Å². The molecule has 4 nitrogen and oxygen atoms in total. The van der Waals surface area contributed by atoms with Crippen LogP contribution in [0, 0.1) is 13.8 Å². The van der Waals surface area contributed by atoms with Crippen LogP contribution in [-0.4, -0.2) is 31.1 Å². The number of carbonyl (C=O) groups excluding carboxylic acids is 1. The van der Waals surface area contributed by atoms with Gasteiger partial charge in [0.05, 0.1) is 7.11 Å². The largest absolute Gasteiger partial charge is 0.496 e. The number of carbonyl (C=O) groups is 1. The highest BCUT2D eigenvalue weighted by molar-refractivity contribution is 5.81. The lowest BCUT2D eigenvalue weighted by Gasteiger charge is -2.25. The van der Waals surface area contributed by atoms with Crippen LogP contribution in [0.2, 0.25) is 0 Å². The van der Waals surface area contributed by atoms with E-state index in [0.29, 0.717) is 13.0 Å². The average molecular weight is 341 g/mol. The predicted octanol–water partition coefficient (Wildman–Crippen LogP) is 4.13. The number of nitrogens with zero attached hydrogens (tertiary/aromatic N) is 1. The van der Waals surface area contributed by atoms with Crippen molar-refractivity contribution >= 4 is 5.91 Å². The Morgan fingerprint density at radius 1 is 1.12 bits per heavy atom. The van der Waals surface area contributed by atoms with Crippen molar-refractivity contribution in [3.05, 3.63) is 59.2 Å². The zero-order valence-electron chi connectivity index (χ0n) is 15.7. The van der Waals surface area contributed by atoms with Gasteiger partial charge in [0.2, 0.25) is 0 Å². The Morgan fingerprint density at radius 2 is 1.84 bits per heavy atom. The first-order chi connectivity index (χ1) is 12.0. The third-order valence-electron chi connectivity index (χ3n) is 4.24. The zero-order chi connectivity index (χ0) is 18.4. The molecular weight excluding hydrogens is 314 g/mol. The Balaban J connectivity index is 2.11. The van der Waals surface area contributed by atoms with E-state index in [1.54, 1.807) is 19.1 Å². The van der Waals surface area contributed by atoms with Crippen LogP contribution in [0.1, 0.15) is 30.0 Å². The summed E-state index contributed by atoms with van der Waals surface area (Å²) in [6, 6.07) is 13.8. The summed E-state index contributed by atoms with van der Waals surface area (Å²) < 4.78 is 11.4. The van der Waals surface area contributed by atoms with Crippen molar-refractivity contribution in [1.82, 2.24) is 4.90 Å². The minimum absolute atomic E-state index is 0.0330. The molecule has 134 valence electrons. The second-order valence-corrected chi connectivity index (χ2v) is 6.29. The first-order valence-electron chi connectivity index (χ1n) is 8.57. The smallest absolute Gasteiger partial charge is 0.263 e. The summed E-state index contributed by atoms with van der Waals surface area (Å²) in [6.07, 6.45) is 0.114. The van der Waals surface area contributed by atoms with Crippen LogP contribution in [0.4, 0.5) is 0 Å². The van der Waals surface area contributed by atoms with Gasteiger partial charge in [0.1, 0.15) is 11.5 Å². The Hall–Kier alpha value is -2.49. The SMILES string of the molecule is CCC(Oc1cc(C)ccc1C)C(=O)N(C)Cc1ccccc1OC. The van der Waals surface area contributed by atoms with Gasteiger partial charge in [-0.25, -0.2) is 0 Å². The third kappa shape index (κ3) is 4.75. The van der Waals surface area contributed by atoms with Crippen molar-refractivity contribution in [2.45, 2.75) is 39.8 Å². The summed E-state index contributed by atoms with van der Waals surface area (Å²) >= 11 is 0. The molecule has 0 aliphatic heterocycles. The number of methoxy groups -OCH3 is 1. The first kappa shape index (κ1) is 18.8. The van der Waals surface area contributed by atoms with Gasteiger partial charge in [0.15, 0.2) is 6.10 Å². The molecule has 25 heavy (non-hydrogen) atoms. The Kier molecular flexibility index (Phi) is 6.45. The lowest BCUT2D eigenvalue weighted by atomic mass is 10.1. The second kappa shape index (κ2) is 8.56. The van der Waals surface area contributed by atoms with Gasteiger partial charge in [-0.3, -0.25) is 4.79 Å². The Morgan fingerprint density at radius 3 is 2.52 bits per heavy atom. The van der Waals surface area contributed by atoms with Gasteiger partial charge in [-0.1, -0.05) is 37.3 Å². The molecule has 1 atom stereocenters. The van der Waals surface area contributed by atoms with Crippen molar-refractivity contribution in [2.24, 2.45) is 0 Å². The van der Waals surface area contributed by atoms with Crippen molar-refractivity contribution in [3.8, 4) is 11.5 Å². The Bertz CT molecular complexity index is 727. The summed E-state index contributed by atoms with van der Waals surface area (Å²) in [5.41, 5.74) is 3.12. The fourth-order valence-corrected chi connectivity index (χ4v) is 2.71. The molecule has 0 radical (unpaired) electrons. The Labute approximate surface area is 150 Å². The minimum atomic E-state index is -0.500. The lowest BCUT2D eigenvalue weighted by molar-refractivity contribution is -0.138. The highest BCUT2D eigenvalue weighted by atomic mass is 16.5. The topological polar surface area (TPSA) is 38.8 Å². The summed E-state index contributed by atoms with van der Waals surface area (Å²) in [5, 5.41) is 0. The number of rotatable bonds is 7. The number of hydrogen-bond donors (Lipinski definition) is 0. The van der Waals surface area contributed by atoms with Gasteiger partial charge < -0.3 is 14.4 Å². The summed E-state index contributed by atoms with van der Waals surface area (Å²) in [5.74, 6) is 1.52. The van der Waals surface area contributed by atoms with E-state index < -0.39 is 6.10 Å². The van der Waals surface area contributed by atoms with E-state index in [2.05, 4.69) is 0 Å². The quantitative estimate of drug-likeness (QED) is 0.760. The molecule has 0 saturated heterocycles. The molecule has 0 saturated carbocycles. The van der Waals surface area contributed by atoms with Crippen LogP contribution in [0.25, 0.3) is 0 Å². The highest BCUT2D eigenvalue weighted by Gasteiger charge is 2.23. The highest BCUT2D eigenvalue weighted by Crippen LogP contribution is 2.23. The van der Waals surface area contributed by atoms with Crippen LogP contribution in [0.5, 0.6) is 11.5 Å². The maximum atomic E-state index is 12.8. The molecule has 0 aliphatic rings. The van der Waals surface area contributed by atoms with E-state index >= 15 is 0 Å². The molecule has 0 spiro atoms. The van der Waals surface area contributed by atoms with Crippen molar-refractivity contribution in [3.63, 3.8) is 0 Å². The molecule has 2 rings (SSSR count). The third-order valence-corrected chi connectivity index (χ3v) is 4.24. The van der Waals surface area contributed by atoms with Crippen LogP contribution in [0.15, 0.2) is 42.5 Å². The van der Waals surface area contributed by atoms with Gasteiger partial charge in [-0.2, -0.15) is 0 Å². The second-order valence-electron chi connectivity index (χ2n) is 6.29. The molecule has 0 aromatic heterocycles. The van der Waals surface area contributed by atoms with Crippen LogP contribution in [0.3, 0.4) is 0 Å². The monoisotopic (exact) mass is 341 g/mol. The summed E-state index contributed by atoms with van der Waals surface area (Å²) in [7, 11) is 3.43. The van der Waals surface area contributed by atoms with E-state index in [1.165, 1.54) is 0 Å². The molecule has 1 amide bonds. The minimum Gasteiger partial charge on any atom is -0.496 e. The maximum Gasteiger partial charge on any atom is 0.263 e. The fraction of sp³-hybridized carbons (Fsp3) is 0.381. The standard InChI is InChI=1S/C21H27NO3/c1-6-18(25-20-13-15(2)11-12-16(20)3)21(23)22(4)14-17-9-7-8-10-19(17)24-5/h7-13,18H,6,14H2,1-5H3. The van der Waals surface area contributed by atoms with E-state index in [-0.39, 0.29) is 5.91 Å². The molecule has 0 fully saturated rings. The van der Waals surface area contributed by atoms with Crippen LogP contribution < -0.4 is 9.47 Å². The van der Waals surface area contributed by atoms with E-state index in [0.717, 1.165) is 28.2 Å². The fourth-order valence-electron chi connectivity index (χ4n) is 2.71.